The van der Waals surface area contributed by atoms with Crippen LogP contribution in [0.1, 0.15) is 41.9 Å². The first-order valence-electron chi connectivity index (χ1n) is 8.64. The predicted octanol–water partition coefficient (Wildman–Crippen LogP) is 2.60. The van der Waals surface area contributed by atoms with Gasteiger partial charge in [0.15, 0.2) is 5.82 Å². The third-order valence-corrected chi connectivity index (χ3v) is 4.45. The number of hydrogen-bond acceptors (Lipinski definition) is 3. The number of anilines is 1. The van der Waals surface area contributed by atoms with Crippen LogP contribution in [-0.2, 0) is 24.8 Å². The summed E-state index contributed by atoms with van der Waals surface area (Å²) in [6.07, 6.45) is 1.30. The van der Waals surface area contributed by atoms with Crippen molar-refractivity contribution in [1.82, 2.24) is 14.7 Å². The molecule has 0 bridgehead atoms. The van der Waals surface area contributed by atoms with E-state index in [0.717, 1.165) is 17.7 Å². The molecule has 1 N–H and O–H groups in total. The average Bonchev–Trinajstić information content (AvgIpc) is 2.90. The second-order valence-electron chi connectivity index (χ2n) is 6.88. The first-order valence-corrected chi connectivity index (χ1v) is 8.64. The molecule has 0 atom stereocenters. The highest BCUT2D eigenvalue weighted by Crippen LogP contribution is 2.26. The number of aryl methyl sites for hydroxylation is 1. The molecule has 6 nitrogen and oxygen atoms in total. The maximum Gasteiger partial charge on any atom is 0.256 e. The Morgan fingerprint density at radius 1 is 1.24 bits per heavy atom. The van der Waals surface area contributed by atoms with E-state index >= 15 is 0 Å². The molecule has 2 amide bonds. The van der Waals surface area contributed by atoms with Gasteiger partial charge in [-0.1, -0.05) is 32.0 Å². The fourth-order valence-corrected chi connectivity index (χ4v) is 3.15. The van der Waals surface area contributed by atoms with Crippen molar-refractivity contribution < 1.29 is 9.59 Å². The van der Waals surface area contributed by atoms with E-state index in [0.29, 0.717) is 36.8 Å². The van der Waals surface area contributed by atoms with E-state index < -0.39 is 0 Å². The molecule has 2 heterocycles. The van der Waals surface area contributed by atoms with Gasteiger partial charge < -0.3 is 10.2 Å². The Kier molecular flexibility index (Phi) is 4.88. The summed E-state index contributed by atoms with van der Waals surface area (Å²) in [5.74, 6) is 0.852. The molecule has 0 fully saturated rings. The van der Waals surface area contributed by atoms with Gasteiger partial charge in [-0.3, -0.25) is 14.3 Å². The third kappa shape index (κ3) is 3.73. The van der Waals surface area contributed by atoms with Crippen LogP contribution in [0.15, 0.2) is 30.3 Å². The third-order valence-electron chi connectivity index (χ3n) is 4.45. The highest BCUT2D eigenvalue weighted by atomic mass is 16.2. The molecule has 6 heteroatoms. The zero-order chi connectivity index (χ0) is 18.0. The van der Waals surface area contributed by atoms with Crippen molar-refractivity contribution in [3.63, 3.8) is 0 Å². The molecule has 0 spiro atoms. The summed E-state index contributed by atoms with van der Waals surface area (Å²) in [7, 11) is 1.88. The molecule has 1 aliphatic rings. The van der Waals surface area contributed by atoms with Crippen LogP contribution in [0.2, 0.25) is 0 Å². The first-order chi connectivity index (χ1) is 12.0. The smallest absolute Gasteiger partial charge is 0.256 e. The molecule has 0 aliphatic carbocycles. The van der Waals surface area contributed by atoms with Crippen LogP contribution >= 0.6 is 0 Å². The van der Waals surface area contributed by atoms with E-state index in [1.165, 1.54) is 0 Å². The fraction of sp³-hybridized carbons (Fsp3) is 0.421. The summed E-state index contributed by atoms with van der Waals surface area (Å²) in [6.45, 7) is 5.29. The van der Waals surface area contributed by atoms with E-state index in [9.17, 15) is 9.59 Å². The topological polar surface area (TPSA) is 67.2 Å². The largest absolute Gasteiger partial charge is 0.338 e. The molecule has 0 saturated heterocycles. The monoisotopic (exact) mass is 340 g/mol. The second-order valence-corrected chi connectivity index (χ2v) is 6.88. The minimum atomic E-state index is -0.188. The summed E-state index contributed by atoms with van der Waals surface area (Å²) in [5.41, 5.74) is 2.61. The maximum atomic E-state index is 12.4. The first kappa shape index (κ1) is 17.2. The van der Waals surface area contributed by atoms with Gasteiger partial charge >= 0.3 is 0 Å². The predicted molar refractivity (Wildman–Crippen MR) is 96.2 cm³/mol. The van der Waals surface area contributed by atoms with Crippen LogP contribution in [0.3, 0.4) is 0 Å². The maximum absolute atomic E-state index is 12.4. The zero-order valence-electron chi connectivity index (χ0n) is 15.0. The molecule has 1 aliphatic heterocycles. The van der Waals surface area contributed by atoms with Crippen molar-refractivity contribution in [2.24, 2.45) is 13.0 Å². The Morgan fingerprint density at radius 2 is 1.96 bits per heavy atom. The van der Waals surface area contributed by atoms with Crippen molar-refractivity contribution >= 4 is 17.6 Å². The van der Waals surface area contributed by atoms with Gasteiger partial charge in [0.25, 0.3) is 5.91 Å². The Labute approximate surface area is 147 Å². The van der Waals surface area contributed by atoms with Gasteiger partial charge in [0.05, 0.1) is 6.54 Å². The number of carbonyl (C=O) groups is 2. The number of nitrogens with zero attached hydrogens (tertiary/aromatic N) is 3. The number of rotatable bonds is 4. The Hall–Kier alpha value is -2.63. The fourth-order valence-electron chi connectivity index (χ4n) is 3.15. The number of hydrogen-bond donors (Lipinski definition) is 1. The van der Waals surface area contributed by atoms with Crippen molar-refractivity contribution in [2.75, 3.05) is 11.9 Å². The molecule has 0 saturated carbocycles. The standard InChI is InChI=1S/C19H24N4O2/c1-13(2)11-17(24)23-10-9-16-15(12-23)18(21-22(16)3)20-19(25)14-7-5-4-6-8-14/h4-8,13H,9-12H2,1-3H3,(H,20,21,25). The average molecular weight is 340 g/mol. The summed E-state index contributed by atoms with van der Waals surface area (Å²) in [5, 5.41) is 7.36. The Balaban J connectivity index is 1.80. The second kappa shape index (κ2) is 7.09. The zero-order valence-corrected chi connectivity index (χ0v) is 15.0. The quantitative estimate of drug-likeness (QED) is 0.930. The lowest BCUT2D eigenvalue weighted by Crippen LogP contribution is -2.37. The van der Waals surface area contributed by atoms with Gasteiger partial charge in [-0.05, 0) is 18.1 Å². The summed E-state index contributed by atoms with van der Waals surface area (Å²) in [6, 6.07) is 9.06. The highest BCUT2D eigenvalue weighted by Gasteiger charge is 2.27. The van der Waals surface area contributed by atoms with Crippen molar-refractivity contribution in [3.8, 4) is 0 Å². The summed E-state index contributed by atoms with van der Waals surface area (Å²) < 4.78 is 1.81. The molecule has 3 rings (SSSR count). The molecule has 1 aromatic heterocycles. The van der Waals surface area contributed by atoms with Crippen molar-refractivity contribution in [3.05, 3.63) is 47.2 Å². The number of amides is 2. The molecule has 0 unspecified atom stereocenters. The van der Waals surface area contributed by atoms with Crippen LogP contribution in [0, 0.1) is 5.92 Å². The highest BCUT2D eigenvalue weighted by molar-refractivity contribution is 6.04. The van der Waals surface area contributed by atoms with Crippen LogP contribution in [-0.4, -0.2) is 33.0 Å². The summed E-state index contributed by atoms with van der Waals surface area (Å²) in [4.78, 5) is 26.7. The Bertz CT molecular complexity index is 780. The van der Waals surface area contributed by atoms with E-state index in [4.69, 9.17) is 0 Å². The van der Waals surface area contributed by atoms with Crippen LogP contribution in [0.4, 0.5) is 5.82 Å². The van der Waals surface area contributed by atoms with E-state index in [2.05, 4.69) is 10.4 Å². The molecule has 132 valence electrons. The van der Waals surface area contributed by atoms with Gasteiger partial charge in [0.1, 0.15) is 0 Å². The van der Waals surface area contributed by atoms with E-state index in [1.54, 1.807) is 16.8 Å². The molecule has 2 aromatic rings. The normalized spacial score (nSPS) is 13.7. The van der Waals surface area contributed by atoms with Gasteiger partial charge in [0.2, 0.25) is 5.91 Å². The number of aromatic nitrogens is 2. The van der Waals surface area contributed by atoms with Crippen LogP contribution < -0.4 is 5.32 Å². The SMILES string of the molecule is CC(C)CC(=O)N1CCc2c(c(NC(=O)c3ccccc3)nn2C)C1. The minimum absolute atomic E-state index is 0.157. The molecular formula is C19H24N4O2. The number of fused-ring (bicyclic) bond motifs is 1. The van der Waals surface area contributed by atoms with Crippen LogP contribution in [0.5, 0.6) is 0 Å². The van der Waals surface area contributed by atoms with Crippen LogP contribution in [0.25, 0.3) is 0 Å². The Morgan fingerprint density at radius 3 is 2.64 bits per heavy atom. The lowest BCUT2D eigenvalue weighted by molar-refractivity contribution is -0.132. The van der Waals surface area contributed by atoms with Gasteiger partial charge in [-0.2, -0.15) is 5.10 Å². The molecule has 1 aromatic carbocycles. The number of nitrogens with one attached hydrogen (secondary N) is 1. The van der Waals surface area contributed by atoms with E-state index in [1.807, 2.05) is 44.0 Å². The number of carbonyl (C=O) groups excluding carboxylic acids is 2. The van der Waals surface area contributed by atoms with Gasteiger partial charge in [-0.15, -0.1) is 0 Å². The number of benzene rings is 1. The summed E-state index contributed by atoms with van der Waals surface area (Å²) >= 11 is 0. The lowest BCUT2D eigenvalue weighted by atomic mass is 10.0. The minimum Gasteiger partial charge on any atom is -0.338 e. The molecular weight excluding hydrogens is 316 g/mol. The van der Waals surface area contributed by atoms with Crippen molar-refractivity contribution in [1.29, 1.82) is 0 Å². The van der Waals surface area contributed by atoms with Gasteiger partial charge in [-0.25, -0.2) is 0 Å². The van der Waals surface area contributed by atoms with Gasteiger partial charge in [0, 0.05) is 43.3 Å². The molecule has 25 heavy (non-hydrogen) atoms. The lowest BCUT2D eigenvalue weighted by Gasteiger charge is -2.28. The van der Waals surface area contributed by atoms with Crippen molar-refractivity contribution in [2.45, 2.75) is 33.2 Å². The van der Waals surface area contributed by atoms with E-state index in [-0.39, 0.29) is 11.8 Å². The molecule has 0 radical (unpaired) electrons.